The van der Waals surface area contributed by atoms with E-state index in [1.807, 2.05) is 0 Å². The van der Waals surface area contributed by atoms with E-state index in [9.17, 15) is 18.0 Å². The van der Waals surface area contributed by atoms with Gasteiger partial charge in [-0.05, 0) is 24.3 Å². The highest BCUT2D eigenvalue weighted by Gasteiger charge is 2.47. The molecule has 0 saturated heterocycles. The van der Waals surface area contributed by atoms with Crippen molar-refractivity contribution >= 4 is 33.0 Å². The van der Waals surface area contributed by atoms with Gasteiger partial charge in [0.15, 0.2) is 0 Å². The molecule has 0 bridgehead atoms. The number of rotatable bonds is 2. The van der Waals surface area contributed by atoms with Crippen LogP contribution in [0, 0.1) is 0 Å². The Kier molecular flexibility index (Phi) is 3.65. The average molecular weight is 330 g/mol. The SMILES string of the molecule is CN1C(=O)[C@H](C(=O)Nc2ccccc2)S(=O)(=O)c2ccccc21. The largest absolute Gasteiger partial charge is 0.324 e. The van der Waals surface area contributed by atoms with Crippen molar-refractivity contribution in [2.75, 3.05) is 17.3 Å². The van der Waals surface area contributed by atoms with E-state index in [2.05, 4.69) is 5.32 Å². The van der Waals surface area contributed by atoms with Crippen molar-refractivity contribution in [3.8, 4) is 0 Å². The lowest BCUT2D eigenvalue weighted by molar-refractivity contribution is -0.124. The van der Waals surface area contributed by atoms with Crippen LogP contribution in [0.3, 0.4) is 0 Å². The minimum absolute atomic E-state index is 0.0182. The van der Waals surface area contributed by atoms with E-state index in [0.29, 0.717) is 5.69 Å². The Morgan fingerprint density at radius 3 is 2.35 bits per heavy atom. The van der Waals surface area contributed by atoms with Crippen LogP contribution < -0.4 is 10.2 Å². The van der Waals surface area contributed by atoms with E-state index >= 15 is 0 Å². The van der Waals surface area contributed by atoms with Crippen LogP contribution in [0.1, 0.15) is 0 Å². The molecule has 0 fully saturated rings. The molecule has 6 nitrogen and oxygen atoms in total. The number of nitrogens with one attached hydrogen (secondary N) is 1. The molecule has 1 aliphatic heterocycles. The number of hydrogen-bond acceptors (Lipinski definition) is 4. The molecule has 118 valence electrons. The van der Waals surface area contributed by atoms with E-state index in [4.69, 9.17) is 0 Å². The van der Waals surface area contributed by atoms with Crippen molar-refractivity contribution in [1.29, 1.82) is 0 Å². The van der Waals surface area contributed by atoms with Gasteiger partial charge in [-0.2, -0.15) is 0 Å². The average Bonchev–Trinajstić information content (AvgIpc) is 2.54. The number of fused-ring (bicyclic) bond motifs is 1. The van der Waals surface area contributed by atoms with Gasteiger partial charge in [0.25, 0.3) is 11.8 Å². The van der Waals surface area contributed by atoms with Crippen molar-refractivity contribution in [3.63, 3.8) is 0 Å². The molecular weight excluding hydrogens is 316 g/mol. The molecule has 2 aromatic rings. The summed E-state index contributed by atoms with van der Waals surface area (Å²) in [4.78, 5) is 26.0. The third kappa shape index (κ3) is 2.49. The lowest BCUT2D eigenvalue weighted by Gasteiger charge is -2.30. The number of sulfone groups is 1. The van der Waals surface area contributed by atoms with Gasteiger partial charge in [-0.15, -0.1) is 0 Å². The first-order valence-corrected chi connectivity index (χ1v) is 8.44. The number of carbonyl (C=O) groups excluding carboxylic acids is 2. The molecule has 0 aliphatic carbocycles. The first kappa shape index (κ1) is 15.2. The molecule has 0 saturated carbocycles. The maximum Gasteiger partial charge on any atom is 0.255 e. The summed E-state index contributed by atoms with van der Waals surface area (Å²) >= 11 is 0. The third-order valence-electron chi connectivity index (χ3n) is 3.68. The molecule has 1 heterocycles. The second kappa shape index (κ2) is 5.51. The molecule has 0 unspecified atom stereocenters. The fraction of sp³-hybridized carbons (Fsp3) is 0.125. The topological polar surface area (TPSA) is 83.6 Å². The standard InChI is InChI=1S/C16H14N2O4S/c1-18-12-9-5-6-10-13(12)23(21,22)14(16(18)20)15(19)17-11-7-3-2-4-8-11/h2-10,14H,1H3,(H,17,19)/t14-/m0/s1. The van der Waals surface area contributed by atoms with Crippen LogP contribution >= 0.6 is 0 Å². The van der Waals surface area contributed by atoms with Crippen LogP contribution in [0.25, 0.3) is 0 Å². The zero-order chi connectivity index (χ0) is 16.6. The summed E-state index contributed by atoms with van der Waals surface area (Å²) in [6.07, 6.45) is 0. The van der Waals surface area contributed by atoms with Gasteiger partial charge < -0.3 is 10.2 Å². The van der Waals surface area contributed by atoms with Gasteiger partial charge in [0.05, 0.1) is 10.6 Å². The Balaban J connectivity index is 2.03. The number of anilines is 2. The van der Waals surface area contributed by atoms with Gasteiger partial charge in [-0.1, -0.05) is 30.3 Å². The van der Waals surface area contributed by atoms with Crippen molar-refractivity contribution in [3.05, 3.63) is 54.6 Å². The molecule has 2 aromatic carbocycles. The number of benzene rings is 2. The molecule has 1 atom stereocenters. The highest BCUT2D eigenvalue weighted by atomic mass is 32.2. The van der Waals surface area contributed by atoms with E-state index in [0.717, 1.165) is 0 Å². The van der Waals surface area contributed by atoms with E-state index < -0.39 is 26.9 Å². The zero-order valence-corrected chi connectivity index (χ0v) is 13.1. The van der Waals surface area contributed by atoms with Crippen LogP contribution in [-0.2, 0) is 19.4 Å². The van der Waals surface area contributed by atoms with Crippen LogP contribution in [0.5, 0.6) is 0 Å². The molecule has 23 heavy (non-hydrogen) atoms. The van der Waals surface area contributed by atoms with Crippen LogP contribution in [-0.4, -0.2) is 32.5 Å². The molecule has 7 heteroatoms. The van der Waals surface area contributed by atoms with E-state index in [1.54, 1.807) is 42.5 Å². The summed E-state index contributed by atoms with van der Waals surface area (Å²) in [6.45, 7) is 0. The first-order valence-electron chi connectivity index (χ1n) is 6.89. The Morgan fingerprint density at radius 2 is 1.65 bits per heavy atom. The van der Waals surface area contributed by atoms with Crippen molar-refractivity contribution in [2.45, 2.75) is 10.1 Å². The number of hydrogen-bond donors (Lipinski definition) is 1. The predicted molar refractivity (Wildman–Crippen MR) is 85.9 cm³/mol. The monoisotopic (exact) mass is 330 g/mol. The first-order chi connectivity index (χ1) is 10.9. The number of amides is 2. The number of nitrogens with zero attached hydrogens (tertiary/aromatic N) is 1. The summed E-state index contributed by atoms with van der Waals surface area (Å²) < 4.78 is 25.4. The Bertz CT molecular complexity index is 878. The maximum atomic E-state index is 12.7. The van der Waals surface area contributed by atoms with Crippen LogP contribution in [0.4, 0.5) is 11.4 Å². The number of carbonyl (C=O) groups is 2. The minimum Gasteiger partial charge on any atom is -0.324 e. The van der Waals surface area contributed by atoms with Gasteiger partial charge >= 0.3 is 0 Å². The van der Waals surface area contributed by atoms with Gasteiger partial charge in [0.2, 0.25) is 15.1 Å². The fourth-order valence-electron chi connectivity index (χ4n) is 2.51. The molecule has 0 radical (unpaired) electrons. The van der Waals surface area contributed by atoms with Crippen molar-refractivity contribution < 1.29 is 18.0 Å². The van der Waals surface area contributed by atoms with E-state index in [-0.39, 0.29) is 10.6 Å². The highest BCUT2D eigenvalue weighted by Crippen LogP contribution is 2.33. The molecule has 1 aliphatic rings. The summed E-state index contributed by atoms with van der Waals surface area (Å²) in [7, 11) is -2.63. The normalized spacial score (nSPS) is 19.1. The molecule has 3 rings (SSSR count). The highest BCUT2D eigenvalue weighted by molar-refractivity contribution is 7.94. The lowest BCUT2D eigenvalue weighted by Crippen LogP contribution is -2.51. The van der Waals surface area contributed by atoms with Crippen LogP contribution in [0.2, 0.25) is 0 Å². The van der Waals surface area contributed by atoms with Crippen LogP contribution in [0.15, 0.2) is 59.5 Å². The molecular formula is C16H14N2O4S. The summed E-state index contributed by atoms with van der Waals surface area (Å²) in [5, 5.41) is 0.694. The van der Waals surface area contributed by atoms with Gasteiger partial charge in [-0.25, -0.2) is 8.42 Å². The second-order valence-electron chi connectivity index (χ2n) is 5.15. The quantitative estimate of drug-likeness (QED) is 0.845. The van der Waals surface area contributed by atoms with Crippen molar-refractivity contribution in [1.82, 2.24) is 0 Å². The van der Waals surface area contributed by atoms with E-state index in [1.165, 1.54) is 24.1 Å². The molecule has 2 amide bonds. The van der Waals surface area contributed by atoms with Crippen molar-refractivity contribution in [2.24, 2.45) is 0 Å². The van der Waals surface area contributed by atoms with Gasteiger partial charge in [-0.3, -0.25) is 9.59 Å². The number of para-hydroxylation sites is 2. The third-order valence-corrected chi connectivity index (χ3v) is 5.67. The summed E-state index contributed by atoms with van der Waals surface area (Å²) in [5.74, 6) is -1.63. The molecule has 1 N–H and O–H groups in total. The Labute approximate surface area is 133 Å². The zero-order valence-electron chi connectivity index (χ0n) is 12.3. The predicted octanol–water partition coefficient (Wildman–Crippen LogP) is 1.44. The van der Waals surface area contributed by atoms with Gasteiger partial charge in [0, 0.05) is 12.7 Å². The second-order valence-corrected chi connectivity index (χ2v) is 7.15. The molecule has 0 aromatic heterocycles. The summed E-state index contributed by atoms with van der Waals surface area (Å²) in [5.41, 5.74) is 0.711. The molecule has 0 spiro atoms. The minimum atomic E-state index is -4.09. The lowest BCUT2D eigenvalue weighted by atomic mass is 10.2. The smallest absolute Gasteiger partial charge is 0.255 e. The summed E-state index contributed by atoms with van der Waals surface area (Å²) in [6, 6.07) is 14.6. The Hall–Kier alpha value is -2.67. The maximum absolute atomic E-state index is 12.7. The fourth-order valence-corrected chi connectivity index (χ4v) is 4.29. The Morgan fingerprint density at radius 1 is 1.04 bits per heavy atom. The van der Waals surface area contributed by atoms with Gasteiger partial charge in [0.1, 0.15) is 0 Å².